The number of aryl methyl sites for hydroxylation is 2. The van der Waals surface area contributed by atoms with Crippen LogP contribution < -0.4 is 4.74 Å². The largest absolute Gasteiger partial charge is 0.493 e. The molecule has 1 atom stereocenters. The van der Waals surface area contributed by atoms with E-state index in [1.807, 2.05) is 60.4 Å². The summed E-state index contributed by atoms with van der Waals surface area (Å²) in [5, 5.41) is 9.19. The van der Waals surface area contributed by atoms with Gasteiger partial charge in [-0.1, -0.05) is 29.8 Å². The summed E-state index contributed by atoms with van der Waals surface area (Å²) in [6.45, 7) is 5.90. The molecule has 2 aromatic carbocycles. The van der Waals surface area contributed by atoms with Crippen LogP contribution >= 0.6 is 0 Å². The van der Waals surface area contributed by atoms with E-state index in [0.717, 1.165) is 34.9 Å². The van der Waals surface area contributed by atoms with Crippen molar-refractivity contribution in [2.24, 2.45) is 0 Å². The number of oxazole rings is 1. The smallest absolute Gasteiger partial charge is 0.320 e. The summed E-state index contributed by atoms with van der Waals surface area (Å²) in [5.74, 6) is 1.47. The number of benzene rings is 2. The van der Waals surface area contributed by atoms with E-state index >= 15 is 0 Å². The van der Waals surface area contributed by atoms with Crippen molar-refractivity contribution in [3.8, 4) is 17.2 Å². The molecule has 1 aliphatic rings. The van der Waals surface area contributed by atoms with Crippen molar-refractivity contribution >= 4 is 5.97 Å². The van der Waals surface area contributed by atoms with E-state index in [1.54, 1.807) is 0 Å². The molecule has 0 saturated carbocycles. The van der Waals surface area contributed by atoms with Gasteiger partial charge in [0.1, 0.15) is 17.6 Å². The maximum Gasteiger partial charge on any atom is 0.320 e. The Hall–Kier alpha value is -3.12. The molecule has 6 nitrogen and oxygen atoms in total. The molecule has 1 aromatic heterocycles. The minimum absolute atomic E-state index is 0.368. The Kier molecular flexibility index (Phi) is 5.86. The lowest BCUT2D eigenvalue weighted by Gasteiger charge is -2.37. The number of carbonyl (C=O) groups is 1. The number of hydrogen-bond donors (Lipinski definition) is 1. The Morgan fingerprint density at radius 3 is 2.73 bits per heavy atom. The molecule has 1 saturated heterocycles. The second-order valence-corrected chi connectivity index (χ2v) is 7.75. The van der Waals surface area contributed by atoms with Crippen LogP contribution in [-0.4, -0.2) is 40.2 Å². The van der Waals surface area contributed by atoms with Crippen LogP contribution in [0.2, 0.25) is 0 Å². The molecule has 156 valence electrons. The topological polar surface area (TPSA) is 75.8 Å². The standard InChI is InChI=1S/C24H26N2O4/c1-16-6-8-19(9-7-16)23-25-21(17(2)30-23)11-13-29-20-5-3-4-18(14-20)15-26-12-10-22(26)24(27)28/h3-9,14,22H,10-13,15H2,1-2H3,(H,27,28)/t22-/m1/s1. The number of ether oxygens (including phenoxy) is 1. The van der Waals surface area contributed by atoms with Crippen molar-refractivity contribution in [2.75, 3.05) is 13.2 Å². The van der Waals surface area contributed by atoms with Crippen molar-refractivity contribution in [2.45, 2.75) is 39.3 Å². The normalized spacial score (nSPS) is 16.3. The van der Waals surface area contributed by atoms with E-state index in [4.69, 9.17) is 9.15 Å². The summed E-state index contributed by atoms with van der Waals surface area (Å²) in [7, 11) is 0. The minimum Gasteiger partial charge on any atom is -0.493 e. The number of carboxylic acids is 1. The lowest BCUT2D eigenvalue weighted by atomic mass is 10.0. The zero-order chi connectivity index (χ0) is 21.1. The summed E-state index contributed by atoms with van der Waals surface area (Å²) in [6.07, 6.45) is 1.37. The molecular formula is C24H26N2O4. The van der Waals surface area contributed by atoms with Crippen LogP contribution in [-0.2, 0) is 17.8 Å². The Balaban J connectivity index is 1.33. The third-order valence-corrected chi connectivity index (χ3v) is 5.50. The third-order valence-electron chi connectivity index (χ3n) is 5.50. The van der Waals surface area contributed by atoms with Gasteiger partial charge in [-0.15, -0.1) is 0 Å². The first-order valence-electron chi connectivity index (χ1n) is 10.2. The van der Waals surface area contributed by atoms with E-state index in [9.17, 15) is 9.90 Å². The first-order valence-corrected chi connectivity index (χ1v) is 10.2. The van der Waals surface area contributed by atoms with Crippen LogP contribution in [0.3, 0.4) is 0 Å². The Morgan fingerprint density at radius 2 is 2.03 bits per heavy atom. The zero-order valence-electron chi connectivity index (χ0n) is 17.3. The summed E-state index contributed by atoms with van der Waals surface area (Å²) in [6, 6.07) is 15.6. The molecule has 0 unspecified atom stereocenters. The summed E-state index contributed by atoms with van der Waals surface area (Å²) >= 11 is 0. The molecule has 3 aromatic rings. The van der Waals surface area contributed by atoms with Gasteiger partial charge >= 0.3 is 5.97 Å². The molecule has 30 heavy (non-hydrogen) atoms. The van der Waals surface area contributed by atoms with Gasteiger partial charge in [0.25, 0.3) is 0 Å². The van der Waals surface area contributed by atoms with Crippen molar-refractivity contribution in [1.82, 2.24) is 9.88 Å². The lowest BCUT2D eigenvalue weighted by Crippen LogP contribution is -2.51. The van der Waals surface area contributed by atoms with Crippen LogP contribution in [0.1, 0.15) is 29.0 Å². The Bertz CT molecular complexity index is 1030. The predicted octanol–water partition coefficient (Wildman–Crippen LogP) is 4.24. The molecular weight excluding hydrogens is 380 g/mol. The molecule has 0 spiro atoms. The molecule has 1 aliphatic heterocycles. The number of rotatable bonds is 8. The molecule has 0 amide bonds. The number of nitrogens with zero attached hydrogens (tertiary/aromatic N) is 2. The fraction of sp³-hybridized carbons (Fsp3) is 0.333. The fourth-order valence-electron chi connectivity index (χ4n) is 3.62. The highest BCUT2D eigenvalue weighted by atomic mass is 16.5. The number of aromatic nitrogens is 1. The van der Waals surface area contributed by atoms with E-state index in [-0.39, 0.29) is 6.04 Å². The van der Waals surface area contributed by atoms with Crippen molar-refractivity contribution < 1.29 is 19.1 Å². The maximum absolute atomic E-state index is 11.2. The monoisotopic (exact) mass is 406 g/mol. The molecule has 6 heteroatoms. The zero-order valence-corrected chi connectivity index (χ0v) is 17.3. The Morgan fingerprint density at radius 1 is 1.23 bits per heavy atom. The highest BCUT2D eigenvalue weighted by molar-refractivity contribution is 5.74. The number of hydrogen-bond acceptors (Lipinski definition) is 5. The Labute approximate surface area is 176 Å². The van der Waals surface area contributed by atoms with Gasteiger partial charge in [0, 0.05) is 25.1 Å². The molecule has 0 aliphatic carbocycles. The van der Waals surface area contributed by atoms with Crippen molar-refractivity contribution in [1.29, 1.82) is 0 Å². The van der Waals surface area contributed by atoms with Gasteiger partial charge in [-0.3, -0.25) is 9.69 Å². The minimum atomic E-state index is -0.748. The molecule has 1 fully saturated rings. The highest BCUT2D eigenvalue weighted by Gasteiger charge is 2.33. The van der Waals surface area contributed by atoms with Crippen LogP contribution in [0.5, 0.6) is 5.75 Å². The third kappa shape index (κ3) is 4.54. The van der Waals surface area contributed by atoms with Gasteiger partial charge in [0.15, 0.2) is 0 Å². The molecule has 0 radical (unpaired) electrons. The van der Waals surface area contributed by atoms with E-state index in [2.05, 4.69) is 11.9 Å². The van der Waals surface area contributed by atoms with Gasteiger partial charge in [-0.05, 0) is 50.1 Å². The van der Waals surface area contributed by atoms with E-state index in [1.165, 1.54) is 5.56 Å². The second-order valence-electron chi connectivity index (χ2n) is 7.75. The van der Waals surface area contributed by atoms with E-state index in [0.29, 0.717) is 31.9 Å². The van der Waals surface area contributed by atoms with Crippen LogP contribution in [0, 0.1) is 13.8 Å². The first kappa shape index (κ1) is 20.2. The fourth-order valence-corrected chi connectivity index (χ4v) is 3.62. The SMILES string of the molecule is Cc1ccc(-c2nc(CCOc3cccc(CN4CC[C@@H]4C(=O)O)c3)c(C)o2)cc1. The van der Waals surface area contributed by atoms with Gasteiger partial charge in [-0.25, -0.2) is 4.98 Å². The van der Waals surface area contributed by atoms with Crippen molar-refractivity contribution in [3.63, 3.8) is 0 Å². The average molecular weight is 406 g/mol. The molecule has 2 heterocycles. The van der Waals surface area contributed by atoms with Crippen LogP contribution in [0.4, 0.5) is 0 Å². The van der Waals surface area contributed by atoms with Crippen LogP contribution in [0.25, 0.3) is 11.5 Å². The highest BCUT2D eigenvalue weighted by Crippen LogP contribution is 2.24. The maximum atomic E-state index is 11.2. The number of carboxylic acid groups (broad SMARTS) is 1. The van der Waals surface area contributed by atoms with Gasteiger partial charge in [0.2, 0.25) is 5.89 Å². The molecule has 4 rings (SSSR count). The predicted molar refractivity (Wildman–Crippen MR) is 114 cm³/mol. The van der Waals surface area contributed by atoms with E-state index < -0.39 is 5.97 Å². The lowest BCUT2D eigenvalue weighted by molar-refractivity contribution is -0.148. The summed E-state index contributed by atoms with van der Waals surface area (Å²) in [5.41, 5.74) is 4.11. The van der Waals surface area contributed by atoms with Gasteiger partial charge in [-0.2, -0.15) is 0 Å². The molecule has 0 bridgehead atoms. The van der Waals surface area contributed by atoms with Gasteiger partial charge in [0.05, 0.1) is 12.3 Å². The quantitative estimate of drug-likeness (QED) is 0.603. The van der Waals surface area contributed by atoms with Crippen LogP contribution in [0.15, 0.2) is 52.9 Å². The first-order chi connectivity index (χ1) is 14.5. The summed E-state index contributed by atoms with van der Waals surface area (Å²) in [4.78, 5) is 17.8. The average Bonchev–Trinajstić information content (AvgIpc) is 3.06. The number of likely N-dealkylation sites (tertiary alicyclic amines) is 1. The van der Waals surface area contributed by atoms with Crippen molar-refractivity contribution in [3.05, 3.63) is 71.1 Å². The van der Waals surface area contributed by atoms with Gasteiger partial charge < -0.3 is 14.3 Å². The second kappa shape index (κ2) is 8.71. The molecule has 1 N–H and O–H groups in total. The number of aliphatic carboxylic acids is 1. The summed E-state index contributed by atoms with van der Waals surface area (Å²) < 4.78 is 11.8.